The van der Waals surface area contributed by atoms with Crippen LogP contribution < -0.4 is 10.1 Å². The van der Waals surface area contributed by atoms with Gasteiger partial charge in [-0.1, -0.05) is 19.1 Å². The molecule has 1 atom stereocenters. The molecule has 4 nitrogen and oxygen atoms in total. The highest BCUT2D eigenvalue weighted by Crippen LogP contribution is 2.13. The van der Waals surface area contributed by atoms with Gasteiger partial charge in [0.25, 0.3) is 0 Å². The van der Waals surface area contributed by atoms with Crippen molar-refractivity contribution in [1.82, 2.24) is 15.1 Å². The molecule has 0 bridgehead atoms. The highest BCUT2D eigenvalue weighted by atomic mass is 16.5. The summed E-state index contributed by atoms with van der Waals surface area (Å²) >= 11 is 0. The minimum Gasteiger partial charge on any atom is -0.497 e. The fraction of sp³-hybridized carbons (Fsp3) is 0.471. The summed E-state index contributed by atoms with van der Waals surface area (Å²) in [6.07, 6.45) is 4.09. The van der Waals surface area contributed by atoms with Gasteiger partial charge in [0.2, 0.25) is 0 Å². The average Bonchev–Trinajstić information content (AvgIpc) is 2.86. The molecule has 1 heterocycles. The Morgan fingerprint density at radius 3 is 2.62 bits per heavy atom. The summed E-state index contributed by atoms with van der Waals surface area (Å²) in [4.78, 5) is 0. The number of rotatable bonds is 7. The van der Waals surface area contributed by atoms with Crippen LogP contribution in [-0.2, 0) is 26.4 Å². The smallest absolute Gasteiger partial charge is 0.118 e. The molecule has 1 aromatic carbocycles. The van der Waals surface area contributed by atoms with Crippen LogP contribution in [-0.4, -0.2) is 22.9 Å². The second-order valence-corrected chi connectivity index (χ2v) is 5.46. The largest absolute Gasteiger partial charge is 0.497 e. The summed E-state index contributed by atoms with van der Waals surface area (Å²) in [5, 5.41) is 8.05. The molecule has 0 amide bonds. The lowest BCUT2D eigenvalue weighted by atomic mass is 10.1. The van der Waals surface area contributed by atoms with Gasteiger partial charge in [-0.3, -0.25) is 4.68 Å². The number of aromatic nitrogens is 2. The number of nitrogens with one attached hydrogen (secondary N) is 1. The topological polar surface area (TPSA) is 39.1 Å². The molecule has 1 N–H and O–H groups in total. The van der Waals surface area contributed by atoms with Gasteiger partial charge in [-0.25, -0.2) is 0 Å². The molecule has 0 aliphatic heterocycles. The van der Waals surface area contributed by atoms with Crippen molar-refractivity contribution in [1.29, 1.82) is 0 Å². The van der Waals surface area contributed by atoms with Gasteiger partial charge in [0, 0.05) is 31.4 Å². The Labute approximate surface area is 127 Å². The second kappa shape index (κ2) is 7.27. The van der Waals surface area contributed by atoms with E-state index in [4.69, 9.17) is 4.74 Å². The van der Waals surface area contributed by atoms with Gasteiger partial charge in [0.1, 0.15) is 5.75 Å². The predicted octanol–water partition coefficient (Wildman–Crippen LogP) is 2.71. The van der Waals surface area contributed by atoms with Crippen molar-refractivity contribution in [2.24, 2.45) is 7.05 Å². The number of aryl methyl sites for hydroxylation is 2. The number of hydrogen-bond acceptors (Lipinski definition) is 3. The average molecular weight is 287 g/mol. The molecule has 0 saturated carbocycles. The van der Waals surface area contributed by atoms with E-state index in [2.05, 4.69) is 42.6 Å². The van der Waals surface area contributed by atoms with Gasteiger partial charge in [-0.15, -0.1) is 0 Å². The lowest BCUT2D eigenvalue weighted by Gasteiger charge is -2.14. The molecular weight excluding hydrogens is 262 g/mol. The van der Waals surface area contributed by atoms with Crippen LogP contribution in [0.2, 0.25) is 0 Å². The van der Waals surface area contributed by atoms with Crippen LogP contribution in [0.3, 0.4) is 0 Å². The van der Waals surface area contributed by atoms with E-state index in [1.54, 1.807) is 7.11 Å². The van der Waals surface area contributed by atoms with E-state index in [1.807, 2.05) is 23.9 Å². The van der Waals surface area contributed by atoms with Crippen LogP contribution in [0.4, 0.5) is 0 Å². The van der Waals surface area contributed by atoms with Crippen molar-refractivity contribution < 1.29 is 4.74 Å². The third-order valence-electron chi connectivity index (χ3n) is 3.67. The number of methoxy groups -OCH3 is 1. The Kier molecular flexibility index (Phi) is 5.39. The van der Waals surface area contributed by atoms with Crippen LogP contribution in [0.1, 0.15) is 30.7 Å². The highest BCUT2D eigenvalue weighted by Gasteiger charge is 2.08. The second-order valence-electron chi connectivity index (χ2n) is 5.46. The van der Waals surface area contributed by atoms with Gasteiger partial charge in [-0.05, 0) is 37.5 Å². The molecular formula is C17H25N3O. The molecule has 2 aromatic rings. The summed E-state index contributed by atoms with van der Waals surface area (Å²) in [6, 6.07) is 8.69. The van der Waals surface area contributed by atoms with Gasteiger partial charge < -0.3 is 10.1 Å². The maximum Gasteiger partial charge on any atom is 0.118 e. The van der Waals surface area contributed by atoms with Crippen LogP contribution in [0.5, 0.6) is 5.75 Å². The Morgan fingerprint density at radius 1 is 1.29 bits per heavy atom. The minimum absolute atomic E-state index is 0.420. The summed E-state index contributed by atoms with van der Waals surface area (Å²) in [7, 11) is 3.67. The van der Waals surface area contributed by atoms with E-state index >= 15 is 0 Å². The molecule has 2 rings (SSSR count). The number of nitrogens with zero attached hydrogens (tertiary/aromatic N) is 2. The lowest BCUT2D eigenvalue weighted by Crippen LogP contribution is -2.27. The summed E-state index contributed by atoms with van der Waals surface area (Å²) in [5.41, 5.74) is 3.79. The zero-order chi connectivity index (χ0) is 15.2. The Bertz CT molecular complexity index is 560. The molecule has 0 saturated heterocycles. The molecule has 114 valence electrons. The van der Waals surface area contributed by atoms with E-state index in [-0.39, 0.29) is 0 Å². The fourth-order valence-corrected chi connectivity index (χ4v) is 2.50. The molecule has 0 radical (unpaired) electrons. The van der Waals surface area contributed by atoms with Gasteiger partial charge in [0.05, 0.1) is 12.8 Å². The minimum atomic E-state index is 0.420. The SMILES string of the molecule is CCc1nn(C)cc1CNC(C)Cc1ccc(OC)cc1. The fourth-order valence-electron chi connectivity index (χ4n) is 2.50. The van der Waals surface area contributed by atoms with Crippen LogP contribution in [0, 0.1) is 0 Å². The zero-order valence-electron chi connectivity index (χ0n) is 13.4. The maximum atomic E-state index is 5.18. The molecule has 0 fully saturated rings. The van der Waals surface area contributed by atoms with E-state index in [0.29, 0.717) is 6.04 Å². The van der Waals surface area contributed by atoms with Crippen molar-refractivity contribution in [3.8, 4) is 5.75 Å². The standard InChI is InChI=1S/C17H25N3O/c1-5-17-15(12-20(3)19-17)11-18-13(2)10-14-6-8-16(21-4)9-7-14/h6-9,12-13,18H,5,10-11H2,1-4H3. The third kappa shape index (κ3) is 4.33. The van der Waals surface area contributed by atoms with E-state index in [0.717, 1.165) is 25.1 Å². The lowest BCUT2D eigenvalue weighted by molar-refractivity contribution is 0.414. The first-order chi connectivity index (χ1) is 10.1. The molecule has 1 unspecified atom stereocenters. The zero-order valence-corrected chi connectivity index (χ0v) is 13.4. The molecule has 1 aromatic heterocycles. The highest BCUT2D eigenvalue weighted by molar-refractivity contribution is 5.27. The van der Waals surface area contributed by atoms with Crippen molar-refractivity contribution in [2.45, 2.75) is 39.3 Å². The number of hydrogen-bond donors (Lipinski definition) is 1. The first-order valence-corrected chi connectivity index (χ1v) is 7.50. The molecule has 0 aliphatic carbocycles. The first kappa shape index (κ1) is 15.6. The van der Waals surface area contributed by atoms with Gasteiger partial charge >= 0.3 is 0 Å². The maximum absolute atomic E-state index is 5.18. The van der Waals surface area contributed by atoms with Crippen LogP contribution in [0.15, 0.2) is 30.5 Å². The van der Waals surface area contributed by atoms with Crippen molar-refractivity contribution in [2.75, 3.05) is 7.11 Å². The van der Waals surface area contributed by atoms with Gasteiger partial charge in [0.15, 0.2) is 0 Å². The number of benzene rings is 1. The van der Waals surface area contributed by atoms with E-state index in [1.165, 1.54) is 16.8 Å². The Hall–Kier alpha value is -1.81. The molecule has 21 heavy (non-hydrogen) atoms. The van der Waals surface area contributed by atoms with E-state index < -0.39 is 0 Å². The monoisotopic (exact) mass is 287 g/mol. The van der Waals surface area contributed by atoms with Crippen LogP contribution in [0.25, 0.3) is 0 Å². The first-order valence-electron chi connectivity index (χ1n) is 7.50. The van der Waals surface area contributed by atoms with Crippen molar-refractivity contribution in [3.63, 3.8) is 0 Å². The van der Waals surface area contributed by atoms with Crippen molar-refractivity contribution >= 4 is 0 Å². The Balaban J connectivity index is 1.87. The quantitative estimate of drug-likeness (QED) is 0.851. The molecule has 4 heteroatoms. The summed E-state index contributed by atoms with van der Waals surface area (Å²) in [6.45, 7) is 5.23. The van der Waals surface area contributed by atoms with Crippen molar-refractivity contribution in [3.05, 3.63) is 47.3 Å². The Morgan fingerprint density at radius 2 is 2.00 bits per heavy atom. The normalized spacial score (nSPS) is 12.4. The number of ether oxygens (including phenoxy) is 1. The molecule has 0 aliphatic rings. The van der Waals surface area contributed by atoms with E-state index in [9.17, 15) is 0 Å². The predicted molar refractivity (Wildman–Crippen MR) is 85.6 cm³/mol. The summed E-state index contributed by atoms with van der Waals surface area (Å²) < 4.78 is 7.08. The molecule has 0 spiro atoms. The summed E-state index contributed by atoms with van der Waals surface area (Å²) in [5.74, 6) is 0.905. The third-order valence-corrected chi connectivity index (χ3v) is 3.67. The van der Waals surface area contributed by atoms with Gasteiger partial charge in [-0.2, -0.15) is 5.10 Å². The van der Waals surface area contributed by atoms with Crippen LogP contribution >= 0.6 is 0 Å².